The molecule has 0 bridgehead atoms. The first-order valence-electron chi connectivity index (χ1n) is 7.45. The van der Waals surface area contributed by atoms with Crippen LogP contribution in [-0.4, -0.2) is 4.98 Å². The number of hydrogen-bond donors (Lipinski definition) is 2. The maximum absolute atomic E-state index is 9.74. The molecule has 0 saturated heterocycles. The predicted octanol–water partition coefficient (Wildman–Crippen LogP) is 5.23. The number of nitrogens with two attached hydrogens (primary N) is 1. The molecule has 1 aromatic heterocycles. The quantitative estimate of drug-likeness (QED) is 0.599. The number of rotatable bonds is 3. The highest BCUT2D eigenvalue weighted by Crippen LogP contribution is 2.35. The van der Waals surface area contributed by atoms with Crippen LogP contribution < -0.4 is 11.1 Å². The second kappa shape index (κ2) is 7.45. The van der Waals surface area contributed by atoms with E-state index in [2.05, 4.69) is 38.4 Å². The molecular weight excluding hydrogens is 414 g/mol. The Kier molecular flexibility index (Phi) is 5.09. The number of nitriles is 2. The van der Waals surface area contributed by atoms with Gasteiger partial charge in [-0.15, -0.1) is 0 Å². The molecule has 0 saturated carbocycles. The highest BCUT2D eigenvalue weighted by atomic mass is 79.9. The third-order valence-corrected chi connectivity index (χ3v) is 4.47. The Morgan fingerprint density at radius 1 is 0.962 bits per heavy atom. The molecule has 0 aliphatic carbocycles. The Morgan fingerprint density at radius 3 is 2.15 bits per heavy atom. The van der Waals surface area contributed by atoms with Crippen molar-refractivity contribution in [2.45, 2.75) is 0 Å². The van der Waals surface area contributed by atoms with Gasteiger partial charge in [0.1, 0.15) is 29.1 Å². The van der Waals surface area contributed by atoms with Gasteiger partial charge in [-0.1, -0.05) is 39.7 Å². The maximum atomic E-state index is 9.74. The molecule has 0 radical (unpaired) electrons. The van der Waals surface area contributed by atoms with E-state index in [9.17, 15) is 10.5 Å². The van der Waals surface area contributed by atoms with Gasteiger partial charge in [0.25, 0.3) is 0 Å². The molecule has 0 aliphatic rings. The Morgan fingerprint density at radius 2 is 1.58 bits per heavy atom. The van der Waals surface area contributed by atoms with Crippen molar-refractivity contribution in [2.24, 2.45) is 0 Å². The molecule has 3 aromatic rings. The highest BCUT2D eigenvalue weighted by molar-refractivity contribution is 9.10. The Balaban J connectivity index is 2.21. The zero-order valence-corrected chi connectivity index (χ0v) is 15.6. The molecule has 0 unspecified atom stereocenters. The third-order valence-electron chi connectivity index (χ3n) is 3.69. The topological polar surface area (TPSA) is 98.5 Å². The molecule has 1 heterocycles. The van der Waals surface area contributed by atoms with Crippen molar-refractivity contribution < 1.29 is 0 Å². The lowest BCUT2D eigenvalue weighted by Crippen LogP contribution is -2.06. The summed E-state index contributed by atoms with van der Waals surface area (Å²) >= 11 is 9.28. The van der Waals surface area contributed by atoms with Crippen LogP contribution in [0.2, 0.25) is 5.02 Å². The van der Waals surface area contributed by atoms with Crippen LogP contribution in [0.25, 0.3) is 11.1 Å². The van der Waals surface area contributed by atoms with Crippen LogP contribution in [-0.2, 0) is 0 Å². The number of nitrogens with one attached hydrogen (secondary N) is 1. The first-order valence-corrected chi connectivity index (χ1v) is 8.62. The molecule has 0 aliphatic heterocycles. The minimum atomic E-state index is 0.0564. The molecule has 0 amide bonds. The van der Waals surface area contributed by atoms with Crippen molar-refractivity contribution in [3.63, 3.8) is 0 Å². The van der Waals surface area contributed by atoms with E-state index in [0.29, 0.717) is 21.8 Å². The van der Waals surface area contributed by atoms with Gasteiger partial charge in [-0.05, 0) is 42.0 Å². The maximum Gasteiger partial charge on any atom is 0.151 e. The third kappa shape index (κ3) is 3.48. The molecule has 3 N–H and O–H groups in total. The number of nitrogens with zero attached hydrogens (tertiary/aromatic N) is 3. The summed E-state index contributed by atoms with van der Waals surface area (Å²) in [7, 11) is 0. The van der Waals surface area contributed by atoms with Gasteiger partial charge < -0.3 is 11.1 Å². The van der Waals surface area contributed by atoms with Gasteiger partial charge in [0.05, 0.1) is 0 Å². The van der Waals surface area contributed by atoms with Crippen LogP contribution in [0, 0.1) is 22.7 Å². The normalized spacial score (nSPS) is 10.0. The lowest BCUT2D eigenvalue weighted by molar-refractivity contribution is 1.27. The van der Waals surface area contributed by atoms with Gasteiger partial charge in [0.15, 0.2) is 5.82 Å². The number of halogens is 2. The number of benzene rings is 2. The fourth-order valence-electron chi connectivity index (χ4n) is 2.49. The Hall–Kier alpha value is -3.06. The van der Waals surface area contributed by atoms with Crippen LogP contribution >= 0.6 is 27.5 Å². The van der Waals surface area contributed by atoms with Crippen LogP contribution in [0.3, 0.4) is 0 Å². The van der Waals surface area contributed by atoms with Gasteiger partial charge in [-0.3, -0.25) is 0 Å². The molecule has 0 fully saturated rings. The summed E-state index contributed by atoms with van der Waals surface area (Å²) in [5.41, 5.74) is 8.26. The van der Waals surface area contributed by atoms with E-state index in [1.54, 1.807) is 24.3 Å². The zero-order chi connectivity index (χ0) is 18.7. The van der Waals surface area contributed by atoms with Crippen molar-refractivity contribution in [1.29, 1.82) is 10.5 Å². The zero-order valence-electron chi connectivity index (χ0n) is 13.3. The van der Waals surface area contributed by atoms with Crippen LogP contribution in [0.1, 0.15) is 11.1 Å². The fourth-order valence-corrected chi connectivity index (χ4v) is 2.88. The van der Waals surface area contributed by atoms with E-state index >= 15 is 0 Å². The molecule has 126 valence electrons. The summed E-state index contributed by atoms with van der Waals surface area (Å²) in [6.45, 7) is 0. The van der Waals surface area contributed by atoms with Crippen molar-refractivity contribution in [3.8, 4) is 23.3 Å². The van der Waals surface area contributed by atoms with Gasteiger partial charge in [-0.2, -0.15) is 10.5 Å². The van der Waals surface area contributed by atoms with E-state index in [1.807, 2.05) is 24.3 Å². The number of aromatic nitrogens is 1. The van der Waals surface area contributed by atoms with Crippen LogP contribution in [0.5, 0.6) is 0 Å². The summed E-state index contributed by atoms with van der Waals surface area (Å²) in [5, 5.41) is 22.9. The number of nitrogen functional groups attached to an aromatic ring is 1. The molecular formula is C19H11BrClN5. The molecule has 0 atom stereocenters. The van der Waals surface area contributed by atoms with Gasteiger partial charge >= 0.3 is 0 Å². The lowest BCUT2D eigenvalue weighted by atomic mass is 9.96. The van der Waals surface area contributed by atoms with Crippen molar-refractivity contribution in [2.75, 3.05) is 11.1 Å². The smallest absolute Gasteiger partial charge is 0.151 e. The van der Waals surface area contributed by atoms with E-state index in [1.165, 1.54) is 0 Å². The Labute approximate surface area is 163 Å². The average molecular weight is 425 g/mol. The SMILES string of the molecule is N#Cc1c(N)nc(Nc2ccc(Cl)cc2)c(C#N)c1-c1ccc(Br)cc1. The van der Waals surface area contributed by atoms with Crippen molar-refractivity contribution >= 4 is 44.9 Å². The monoisotopic (exact) mass is 423 g/mol. The first-order chi connectivity index (χ1) is 12.5. The van der Waals surface area contributed by atoms with Crippen molar-refractivity contribution in [3.05, 3.63) is 69.2 Å². The van der Waals surface area contributed by atoms with Gasteiger partial charge in [0, 0.05) is 20.7 Å². The standard InChI is InChI=1S/C19H11BrClN5/c20-12-3-1-11(2-4-12)17-15(9-22)18(24)26-19(16(17)10-23)25-14-7-5-13(21)6-8-14/h1-8H,(H3,24,25,26). The van der Waals surface area contributed by atoms with Crippen molar-refractivity contribution in [1.82, 2.24) is 4.98 Å². The van der Waals surface area contributed by atoms with Crippen LogP contribution in [0.4, 0.5) is 17.3 Å². The summed E-state index contributed by atoms with van der Waals surface area (Å²) < 4.78 is 0.889. The first kappa shape index (κ1) is 17.8. The summed E-state index contributed by atoms with van der Waals surface area (Å²) in [4.78, 5) is 4.22. The van der Waals surface area contributed by atoms with Gasteiger partial charge in [0.2, 0.25) is 0 Å². The number of anilines is 3. The molecule has 2 aromatic carbocycles. The van der Waals surface area contributed by atoms with E-state index in [0.717, 1.165) is 4.47 Å². The van der Waals surface area contributed by atoms with Gasteiger partial charge in [-0.25, -0.2) is 4.98 Å². The fraction of sp³-hybridized carbons (Fsp3) is 0. The molecule has 7 heteroatoms. The lowest BCUT2D eigenvalue weighted by Gasteiger charge is -2.14. The molecule has 3 rings (SSSR count). The minimum Gasteiger partial charge on any atom is -0.383 e. The highest BCUT2D eigenvalue weighted by Gasteiger charge is 2.20. The summed E-state index contributed by atoms with van der Waals surface area (Å²) in [5.74, 6) is 0.338. The predicted molar refractivity (Wildman–Crippen MR) is 106 cm³/mol. The van der Waals surface area contributed by atoms with E-state index in [4.69, 9.17) is 17.3 Å². The van der Waals surface area contributed by atoms with E-state index < -0.39 is 0 Å². The summed E-state index contributed by atoms with van der Waals surface area (Å²) in [6.07, 6.45) is 0. The minimum absolute atomic E-state index is 0.0564. The number of hydrogen-bond acceptors (Lipinski definition) is 5. The second-order valence-corrected chi connectivity index (χ2v) is 6.69. The number of pyridine rings is 1. The largest absolute Gasteiger partial charge is 0.383 e. The summed E-state index contributed by atoms with van der Waals surface area (Å²) in [6, 6.07) is 18.5. The second-order valence-electron chi connectivity index (χ2n) is 5.33. The van der Waals surface area contributed by atoms with E-state index in [-0.39, 0.29) is 22.8 Å². The molecule has 5 nitrogen and oxygen atoms in total. The van der Waals surface area contributed by atoms with Crippen LogP contribution in [0.15, 0.2) is 53.0 Å². The Bertz CT molecular complexity index is 1050. The molecule has 0 spiro atoms. The average Bonchev–Trinajstić information content (AvgIpc) is 2.64. The molecule has 26 heavy (non-hydrogen) atoms.